The Kier molecular flexibility index (Phi) is 6.46. The van der Waals surface area contributed by atoms with Gasteiger partial charge in [-0.2, -0.15) is 0 Å². The first-order chi connectivity index (χ1) is 13.9. The number of aromatic nitrogens is 1. The zero-order chi connectivity index (χ0) is 20.9. The molecule has 1 aromatic heterocycles. The Labute approximate surface area is 172 Å². The molecule has 0 aliphatic heterocycles. The Bertz CT molecular complexity index is 1080. The highest BCUT2D eigenvalue weighted by Crippen LogP contribution is 2.28. The molecular formula is C20H17ClFN3O3S. The van der Waals surface area contributed by atoms with Gasteiger partial charge in [0.1, 0.15) is 11.1 Å². The molecule has 29 heavy (non-hydrogen) atoms. The normalized spacial score (nSPS) is 12.2. The molecular weight excluding hydrogens is 417 g/mol. The van der Waals surface area contributed by atoms with Crippen molar-refractivity contribution in [2.45, 2.75) is 10.1 Å². The number of amides is 2. The third-order valence-corrected chi connectivity index (χ3v) is 6.49. The number of halogens is 2. The summed E-state index contributed by atoms with van der Waals surface area (Å²) in [6.07, 6.45) is 2.94. The van der Waals surface area contributed by atoms with Crippen LogP contribution in [0.4, 0.5) is 14.9 Å². The number of urea groups is 1. The second kappa shape index (κ2) is 9.02. The third kappa shape index (κ3) is 5.30. The van der Waals surface area contributed by atoms with E-state index in [9.17, 15) is 17.6 Å². The lowest BCUT2D eigenvalue weighted by molar-refractivity contribution is 0.252. The summed E-state index contributed by atoms with van der Waals surface area (Å²) in [6, 6.07) is 13.7. The van der Waals surface area contributed by atoms with Crippen LogP contribution < -0.4 is 10.6 Å². The fourth-order valence-corrected chi connectivity index (χ4v) is 4.43. The van der Waals surface area contributed by atoms with Crippen molar-refractivity contribution in [3.05, 3.63) is 89.5 Å². The predicted molar refractivity (Wildman–Crippen MR) is 109 cm³/mol. The summed E-state index contributed by atoms with van der Waals surface area (Å²) >= 11 is 5.81. The lowest BCUT2D eigenvalue weighted by atomic mass is 10.2. The summed E-state index contributed by atoms with van der Waals surface area (Å²) in [6.45, 7) is -0.204. The van der Waals surface area contributed by atoms with Crippen LogP contribution in [-0.4, -0.2) is 26.0 Å². The predicted octanol–water partition coefficient (Wildman–Crippen LogP) is 4.21. The lowest BCUT2D eigenvalue weighted by Gasteiger charge is -2.19. The topological polar surface area (TPSA) is 88.2 Å². The van der Waals surface area contributed by atoms with Gasteiger partial charge in [-0.3, -0.25) is 4.98 Å². The molecule has 3 aromatic rings. The molecule has 0 saturated heterocycles. The Hall–Kier alpha value is -2.97. The zero-order valence-electron chi connectivity index (χ0n) is 15.0. The number of nitrogens with zero attached hydrogens (tertiary/aromatic N) is 1. The Morgan fingerprint density at radius 1 is 1.07 bits per heavy atom. The van der Waals surface area contributed by atoms with Crippen LogP contribution >= 0.6 is 11.6 Å². The average molecular weight is 434 g/mol. The molecule has 150 valence electrons. The highest BCUT2D eigenvalue weighted by Gasteiger charge is 2.30. The minimum absolute atomic E-state index is 0.0485. The molecule has 1 heterocycles. The quantitative estimate of drug-likeness (QED) is 0.570. The van der Waals surface area contributed by atoms with Gasteiger partial charge in [0, 0.05) is 29.6 Å². The Balaban J connectivity index is 1.80. The van der Waals surface area contributed by atoms with E-state index in [1.807, 2.05) is 0 Å². The molecule has 6 nitrogen and oxygen atoms in total. The fraction of sp³-hybridized carbons (Fsp3) is 0.100. The van der Waals surface area contributed by atoms with Gasteiger partial charge in [-0.15, -0.1) is 0 Å². The van der Waals surface area contributed by atoms with Crippen LogP contribution in [0.25, 0.3) is 0 Å². The van der Waals surface area contributed by atoms with Crippen molar-refractivity contribution >= 4 is 33.2 Å². The lowest BCUT2D eigenvalue weighted by Crippen LogP contribution is -2.35. The highest BCUT2D eigenvalue weighted by atomic mass is 35.5. The number of benzene rings is 2. The van der Waals surface area contributed by atoms with Crippen molar-refractivity contribution in [3.8, 4) is 0 Å². The Morgan fingerprint density at radius 3 is 2.38 bits per heavy atom. The largest absolute Gasteiger partial charge is 0.336 e. The number of rotatable bonds is 6. The van der Waals surface area contributed by atoms with Crippen LogP contribution in [-0.2, 0) is 9.84 Å². The first-order valence-electron chi connectivity index (χ1n) is 8.56. The van der Waals surface area contributed by atoms with Crippen LogP contribution in [0.1, 0.15) is 10.8 Å². The number of carbonyl (C=O) groups excluding carboxylic acids is 1. The molecule has 0 radical (unpaired) electrons. The molecule has 2 N–H and O–H groups in total. The van der Waals surface area contributed by atoms with E-state index in [-0.39, 0.29) is 11.4 Å². The van der Waals surface area contributed by atoms with E-state index in [0.29, 0.717) is 16.3 Å². The number of hydrogen-bond donors (Lipinski definition) is 2. The van der Waals surface area contributed by atoms with E-state index in [4.69, 9.17) is 11.6 Å². The van der Waals surface area contributed by atoms with Crippen molar-refractivity contribution in [2.24, 2.45) is 0 Å². The van der Waals surface area contributed by atoms with Crippen LogP contribution in [0.3, 0.4) is 0 Å². The van der Waals surface area contributed by atoms with Gasteiger partial charge in [0.05, 0.1) is 4.90 Å². The van der Waals surface area contributed by atoms with E-state index < -0.39 is 26.9 Å². The minimum atomic E-state index is -3.91. The van der Waals surface area contributed by atoms with Gasteiger partial charge in [0.2, 0.25) is 0 Å². The molecule has 0 aliphatic carbocycles. The average Bonchev–Trinajstić information content (AvgIpc) is 2.71. The summed E-state index contributed by atoms with van der Waals surface area (Å²) in [5.74, 6) is -0.539. The first-order valence-corrected chi connectivity index (χ1v) is 10.5. The minimum Gasteiger partial charge on any atom is -0.336 e. The summed E-state index contributed by atoms with van der Waals surface area (Å²) in [5, 5.41) is 4.60. The molecule has 0 fully saturated rings. The number of nitrogens with one attached hydrogen (secondary N) is 2. The molecule has 0 bridgehead atoms. The van der Waals surface area contributed by atoms with Crippen LogP contribution in [0.5, 0.6) is 0 Å². The number of anilines is 1. The van der Waals surface area contributed by atoms with E-state index in [0.717, 1.165) is 12.1 Å². The van der Waals surface area contributed by atoms with Gasteiger partial charge in [-0.25, -0.2) is 17.6 Å². The van der Waals surface area contributed by atoms with E-state index in [1.165, 1.54) is 24.5 Å². The van der Waals surface area contributed by atoms with E-state index in [1.54, 1.807) is 36.4 Å². The molecule has 0 spiro atoms. The maximum absolute atomic E-state index is 13.2. The third-order valence-electron chi connectivity index (χ3n) is 4.12. The monoisotopic (exact) mass is 433 g/mol. The van der Waals surface area contributed by atoms with E-state index in [2.05, 4.69) is 15.6 Å². The molecule has 9 heteroatoms. The van der Waals surface area contributed by atoms with Gasteiger partial charge in [-0.05, 0) is 60.2 Å². The molecule has 0 saturated carbocycles. The summed E-state index contributed by atoms with van der Waals surface area (Å²) in [4.78, 5) is 16.1. The van der Waals surface area contributed by atoms with Crippen molar-refractivity contribution in [2.75, 3.05) is 11.9 Å². The number of hydrogen-bond acceptors (Lipinski definition) is 4. The number of pyridine rings is 1. The van der Waals surface area contributed by atoms with Crippen molar-refractivity contribution in [3.63, 3.8) is 0 Å². The molecule has 1 atom stereocenters. The van der Waals surface area contributed by atoms with Crippen molar-refractivity contribution < 1.29 is 17.6 Å². The molecule has 0 aliphatic rings. The summed E-state index contributed by atoms with van der Waals surface area (Å²) < 4.78 is 39.4. The second-order valence-corrected chi connectivity index (χ2v) is 8.68. The molecule has 3 rings (SSSR count). The van der Waals surface area contributed by atoms with Crippen molar-refractivity contribution in [1.29, 1.82) is 0 Å². The first kappa shape index (κ1) is 20.8. The maximum Gasteiger partial charge on any atom is 0.319 e. The smallest absolute Gasteiger partial charge is 0.319 e. The molecule has 2 amide bonds. The molecule has 1 unspecified atom stereocenters. The van der Waals surface area contributed by atoms with Crippen LogP contribution in [0.2, 0.25) is 5.02 Å². The van der Waals surface area contributed by atoms with Crippen LogP contribution in [0, 0.1) is 5.82 Å². The van der Waals surface area contributed by atoms with Gasteiger partial charge in [0.25, 0.3) is 0 Å². The summed E-state index contributed by atoms with van der Waals surface area (Å²) in [7, 11) is -3.91. The molecule has 2 aromatic carbocycles. The van der Waals surface area contributed by atoms with Crippen LogP contribution in [0.15, 0.2) is 78.0 Å². The summed E-state index contributed by atoms with van der Waals surface area (Å²) in [5.41, 5.74) is 0.912. The van der Waals surface area contributed by atoms with Crippen molar-refractivity contribution in [1.82, 2.24) is 10.3 Å². The van der Waals surface area contributed by atoms with E-state index >= 15 is 0 Å². The van der Waals surface area contributed by atoms with Gasteiger partial charge < -0.3 is 10.6 Å². The highest BCUT2D eigenvalue weighted by molar-refractivity contribution is 7.91. The zero-order valence-corrected chi connectivity index (χ0v) is 16.6. The maximum atomic E-state index is 13.2. The standard InChI is InChI=1S/C20H17ClFN3O3S/c21-15-3-7-17(8-4-15)25-20(26)24-13-19(14-2-1-11-23-12-14)29(27,28)18-9-5-16(22)6-10-18/h1-12,19H,13H2,(H2,24,25,26). The number of carbonyl (C=O) groups is 1. The second-order valence-electron chi connectivity index (χ2n) is 6.12. The fourth-order valence-electron chi connectivity index (χ4n) is 2.66. The van der Waals surface area contributed by atoms with Gasteiger partial charge in [-0.1, -0.05) is 17.7 Å². The SMILES string of the molecule is O=C(NCC(c1cccnc1)S(=O)(=O)c1ccc(F)cc1)Nc1ccc(Cl)cc1. The number of sulfone groups is 1. The Morgan fingerprint density at radius 2 is 1.76 bits per heavy atom. The van der Waals surface area contributed by atoms with Gasteiger partial charge >= 0.3 is 6.03 Å². The van der Waals surface area contributed by atoms with Gasteiger partial charge in [0.15, 0.2) is 9.84 Å².